The van der Waals surface area contributed by atoms with Gasteiger partial charge in [0, 0.05) is 11.8 Å². The molecule has 0 fully saturated rings. The van der Waals surface area contributed by atoms with Gasteiger partial charge in [0.1, 0.15) is 24.4 Å². The SMILES string of the molecule is Cc1cnc(=O)[nH]c1NC(C=O)C=O. The number of aromatic nitrogens is 2. The summed E-state index contributed by atoms with van der Waals surface area (Å²) in [4.78, 5) is 37.3. The third-order valence-corrected chi connectivity index (χ3v) is 1.61. The first-order valence-corrected chi connectivity index (χ1v) is 3.90. The first kappa shape index (κ1) is 10.1. The average molecular weight is 195 g/mol. The van der Waals surface area contributed by atoms with E-state index in [0.717, 1.165) is 0 Å². The fourth-order valence-electron chi connectivity index (χ4n) is 0.874. The Morgan fingerprint density at radius 1 is 1.50 bits per heavy atom. The first-order valence-electron chi connectivity index (χ1n) is 3.90. The van der Waals surface area contributed by atoms with Crippen LogP contribution < -0.4 is 11.0 Å². The maximum atomic E-state index is 10.8. The van der Waals surface area contributed by atoms with Crippen LogP contribution in [-0.2, 0) is 9.59 Å². The fourth-order valence-corrected chi connectivity index (χ4v) is 0.874. The maximum Gasteiger partial charge on any atom is 0.346 e. The van der Waals surface area contributed by atoms with Gasteiger partial charge in [-0.3, -0.25) is 4.98 Å². The molecule has 6 heteroatoms. The lowest BCUT2D eigenvalue weighted by Crippen LogP contribution is -2.25. The Kier molecular flexibility index (Phi) is 3.11. The number of carbonyl (C=O) groups is 2. The Labute approximate surface area is 79.4 Å². The van der Waals surface area contributed by atoms with Gasteiger partial charge in [0.2, 0.25) is 0 Å². The van der Waals surface area contributed by atoms with Crippen LogP contribution in [0.1, 0.15) is 5.56 Å². The monoisotopic (exact) mass is 195 g/mol. The van der Waals surface area contributed by atoms with Crippen molar-refractivity contribution in [1.82, 2.24) is 9.97 Å². The van der Waals surface area contributed by atoms with Crippen molar-refractivity contribution in [2.24, 2.45) is 0 Å². The number of hydrogen-bond acceptors (Lipinski definition) is 5. The van der Waals surface area contributed by atoms with Crippen LogP contribution in [0, 0.1) is 6.92 Å². The van der Waals surface area contributed by atoms with Crippen LogP contribution in [0.3, 0.4) is 0 Å². The number of nitrogens with one attached hydrogen (secondary N) is 2. The number of anilines is 1. The first-order chi connectivity index (χ1) is 6.67. The summed E-state index contributed by atoms with van der Waals surface area (Å²) in [7, 11) is 0. The van der Waals surface area contributed by atoms with E-state index in [1.165, 1.54) is 6.20 Å². The maximum absolute atomic E-state index is 10.8. The Morgan fingerprint density at radius 2 is 2.14 bits per heavy atom. The van der Waals surface area contributed by atoms with E-state index in [0.29, 0.717) is 24.0 Å². The highest BCUT2D eigenvalue weighted by atomic mass is 16.1. The summed E-state index contributed by atoms with van der Waals surface area (Å²) < 4.78 is 0. The van der Waals surface area contributed by atoms with E-state index in [2.05, 4.69) is 15.3 Å². The predicted molar refractivity (Wildman–Crippen MR) is 49.1 cm³/mol. The van der Waals surface area contributed by atoms with Gasteiger partial charge in [0.15, 0.2) is 0 Å². The van der Waals surface area contributed by atoms with E-state index < -0.39 is 11.7 Å². The van der Waals surface area contributed by atoms with Crippen molar-refractivity contribution in [1.29, 1.82) is 0 Å². The number of aryl methyl sites for hydroxylation is 1. The number of nitrogens with zero attached hydrogens (tertiary/aromatic N) is 1. The van der Waals surface area contributed by atoms with Crippen molar-refractivity contribution in [3.8, 4) is 0 Å². The topological polar surface area (TPSA) is 91.9 Å². The number of carbonyl (C=O) groups excluding carboxylic acids is 2. The summed E-state index contributed by atoms with van der Waals surface area (Å²) in [6.07, 6.45) is 2.25. The van der Waals surface area contributed by atoms with Crippen LogP contribution in [0.4, 0.5) is 5.82 Å². The second kappa shape index (κ2) is 4.31. The Morgan fingerprint density at radius 3 is 2.71 bits per heavy atom. The molecule has 1 aromatic rings. The van der Waals surface area contributed by atoms with E-state index in [-0.39, 0.29) is 0 Å². The Balaban J connectivity index is 2.95. The van der Waals surface area contributed by atoms with Gasteiger partial charge in [-0.05, 0) is 6.92 Å². The molecule has 0 unspecified atom stereocenters. The third-order valence-electron chi connectivity index (χ3n) is 1.61. The summed E-state index contributed by atoms with van der Waals surface area (Å²) in [6.45, 7) is 1.69. The molecular weight excluding hydrogens is 186 g/mol. The van der Waals surface area contributed by atoms with Crippen LogP contribution >= 0.6 is 0 Å². The third kappa shape index (κ3) is 2.25. The summed E-state index contributed by atoms with van der Waals surface area (Å²) in [5.74, 6) is 0.328. The average Bonchev–Trinajstić information content (AvgIpc) is 2.19. The van der Waals surface area contributed by atoms with Crippen LogP contribution in [0.25, 0.3) is 0 Å². The number of rotatable bonds is 4. The summed E-state index contributed by atoms with van der Waals surface area (Å²) in [5.41, 5.74) is 0.118. The standard InChI is InChI=1S/C8H9N3O3/c1-5-2-9-8(14)11-7(5)10-6(3-12)4-13/h2-4,6H,1H3,(H2,9,10,11,14). The lowest BCUT2D eigenvalue weighted by atomic mass is 10.3. The number of aromatic amines is 1. The van der Waals surface area contributed by atoms with Crippen molar-refractivity contribution in [3.05, 3.63) is 22.2 Å². The van der Waals surface area contributed by atoms with E-state index in [1.807, 2.05) is 0 Å². The van der Waals surface area contributed by atoms with Gasteiger partial charge in [0.05, 0.1) is 0 Å². The Bertz CT molecular complexity index is 391. The zero-order valence-corrected chi connectivity index (χ0v) is 7.48. The molecule has 74 valence electrons. The lowest BCUT2D eigenvalue weighted by Gasteiger charge is -2.08. The highest BCUT2D eigenvalue weighted by molar-refractivity contribution is 5.86. The molecule has 6 nitrogen and oxygen atoms in total. The highest BCUT2D eigenvalue weighted by Crippen LogP contribution is 2.06. The van der Waals surface area contributed by atoms with Gasteiger partial charge in [0.25, 0.3) is 0 Å². The molecule has 0 atom stereocenters. The van der Waals surface area contributed by atoms with Gasteiger partial charge < -0.3 is 14.9 Å². The second-order valence-electron chi connectivity index (χ2n) is 2.69. The van der Waals surface area contributed by atoms with Crippen molar-refractivity contribution >= 4 is 18.4 Å². The Hall–Kier alpha value is -1.98. The predicted octanol–water partition coefficient (Wildman–Crippen LogP) is -0.743. The zero-order chi connectivity index (χ0) is 10.6. The van der Waals surface area contributed by atoms with Gasteiger partial charge in [-0.1, -0.05) is 0 Å². The second-order valence-corrected chi connectivity index (χ2v) is 2.69. The molecule has 1 aromatic heterocycles. The molecule has 0 radical (unpaired) electrons. The van der Waals surface area contributed by atoms with E-state index in [9.17, 15) is 14.4 Å². The minimum absolute atomic E-state index is 0.328. The fraction of sp³-hybridized carbons (Fsp3) is 0.250. The molecule has 0 amide bonds. The molecule has 2 N–H and O–H groups in total. The minimum Gasteiger partial charge on any atom is -0.356 e. The van der Waals surface area contributed by atoms with E-state index in [4.69, 9.17) is 0 Å². The molecule has 0 bridgehead atoms. The van der Waals surface area contributed by atoms with Crippen molar-refractivity contribution < 1.29 is 9.59 Å². The summed E-state index contributed by atoms with van der Waals surface area (Å²) in [5, 5.41) is 2.56. The largest absolute Gasteiger partial charge is 0.356 e. The molecule has 0 aliphatic rings. The summed E-state index contributed by atoms with van der Waals surface area (Å²) in [6, 6.07) is -0.952. The van der Waals surface area contributed by atoms with Gasteiger partial charge >= 0.3 is 5.69 Å². The van der Waals surface area contributed by atoms with Crippen LogP contribution in [-0.4, -0.2) is 28.6 Å². The lowest BCUT2D eigenvalue weighted by molar-refractivity contribution is -0.115. The molecule has 0 spiro atoms. The molecule has 0 aliphatic heterocycles. The quantitative estimate of drug-likeness (QED) is 0.487. The van der Waals surface area contributed by atoms with Crippen molar-refractivity contribution in [2.45, 2.75) is 13.0 Å². The normalized spacial score (nSPS) is 9.86. The van der Waals surface area contributed by atoms with Gasteiger partial charge in [-0.15, -0.1) is 0 Å². The highest BCUT2D eigenvalue weighted by Gasteiger charge is 2.07. The molecule has 1 heterocycles. The molecule has 0 aromatic carbocycles. The van der Waals surface area contributed by atoms with E-state index in [1.54, 1.807) is 6.92 Å². The molecule has 0 aliphatic carbocycles. The molecule has 0 saturated carbocycles. The van der Waals surface area contributed by atoms with Crippen LogP contribution in [0.2, 0.25) is 0 Å². The van der Waals surface area contributed by atoms with E-state index >= 15 is 0 Å². The smallest absolute Gasteiger partial charge is 0.346 e. The van der Waals surface area contributed by atoms with Crippen molar-refractivity contribution in [2.75, 3.05) is 5.32 Å². The minimum atomic E-state index is -0.952. The van der Waals surface area contributed by atoms with Crippen LogP contribution in [0.15, 0.2) is 11.0 Å². The van der Waals surface area contributed by atoms with Gasteiger partial charge in [-0.2, -0.15) is 0 Å². The molecule has 0 saturated heterocycles. The molecular formula is C8H9N3O3. The van der Waals surface area contributed by atoms with Crippen LogP contribution in [0.5, 0.6) is 0 Å². The number of H-pyrrole nitrogens is 1. The number of hydrogen-bond donors (Lipinski definition) is 2. The number of aldehydes is 2. The van der Waals surface area contributed by atoms with Gasteiger partial charge in [-0.25, -0.2) is 9.78 Å². The summed E-state index contributed by atoms with van der Waals surface area (Å²) >= 11 is 0. The molecule has 14 heavy (non-hydrogen) atoms. The molecule has 1 rings (SSSR count). The zero-order valence-electron chi connectivity index (χ0n) is 7.48. The van der Waals surface area contributed by atoms with Crippen molar-refractivity contribution in [3.63, 3.8) is 0 Å².